The zero-order valence-corrected chi connectivity index (χ0v) is 12.7. The first kappa shape index (κ1) is 14.5. The van der Waals surface area contributed by atoms with Gasteiger partial charge < -0.3 is 5.32 Å². The Morgan fingerprint density at radius 2 is 1.76 bits per heavy atom. The lowest BCUT2D eigenvalue weighted by molar-refractivity contribution is 0.372. The van der Waals surface area contributed by atoms with Crippen LogP contribution in [0.1, 0.15) is 12.8 Å². The summed E-state index contributed by atoms with van der Waals surface area (Å²) in [6.45, 7) is 2.47. The molecule has 3 rings (SSSR count). The van der Waals surface area contributed by atoms with E-state index in [4.69, 9.17) is 0 Å². The predicted molar refractivity (Wildman–Crippen MR) is 84.7 cm³/mol. The highest BCUT2D eigenvalue weighted by Gasteiger charge is 2.18. The van der Waals surface area contributed by atoms with Crippen LogP contribution in [0, 0.1) is 5.92 Å². The van der Waals surface area contributed by atoms with E-state index in [0.29, 0.717) is 17.4 Å². The van der Waals surface area contributed by atoms with Crippen molar-refractivity contribution in [2.45, 2.75) is 17.7 Å². The van der Waals surface area contributed by atoms with E-state index in [9.17, 15) is 8.42 Å². The van der Waals surface area contributed by atoms with Gasteiger partial charge in [0.2, 0.25) is 10.0 Å². The van der Waals surface area contributed by atoms with Crippen molar-refractivity contribution in [3.8, 4) is 0 Å². The zero-order valence-electron chi connectivity index (χ0n) is 11.9. The molecule has 5 heteroatoms. The fourth-order valence-corrected chi connectivity index (χ4v) is 3.88. The Kier molecular flexibility index (Phi) is 4.24. The molecule has 2 aromatic rings. The smallest absolute Gasteiger partial charge is 0.240 e. The van der Waals surface area contributed by atoms with Crippen molar-refractivity contribution in [2.24, 2.45) is 5.92 Å². The Labute approximate surface area is 125 Å². The average molecular weight is 304 g/mol. The average Bonchev–Trinajstić information content (AvgIpc) is 2.53. The minimum atomic E-state index is -3.42. The number of rotatable bonds is 4. The van der Waals surface area contributed by atoms with Gasteiger partial charge in [0.15, 0.2) is 0 Å². The van der Waals surface area contributed by atoms with Crippen molar-refractivity contribution < 1.29 is 8.42 Å². The molecule has 4 nitrogen and oxygen atoms in total. The summed E-state index contributed by atoms with van der Waals surface area (Å²) in [6.07, 6.45) is 2.06. The number of fused-ring (bicyclic) bond motifs is 1. The molecule has 0 unspecified atom stereocenters. The first-order valence-corrected chi connectivity index (χ1v) is 8.83. The number of benzene rings is 2. The van der Waals surface area contributed by atoms with E-state index in [1.165, 1.54) is 0 Å². The van der Waals surface area contributed by atoms with Gasteiger partial charge in [0.05, 0.1) is 4.90 Å². The summed E-state index contributed by atoms with van der Waals surface area (Å²) in [5, 5.41) is 5.28. The van der Waals surface area contributed by atoms with E-state index < -0.39 is 10.0 Å². The molecule has 1 fully saturated rings. The lowest BCUT2D eigenvalue weighted by atomic mass is 9.99. The summed E-state index contributed by atoms with van der Waals surface area (Å²) in [5.41, 5.74) is 0. The SMILES string of the molecule is O=S(=O)(NCC1CCNCC1)c1ccc2ccccc2c1. The largest absolute Gasteiger partial charge is 0.317 e. The Morgan fingerprint density at radius 3 is 2.52 bits per heavy atom. The van der Waals surface area contributed by atoms with Gasteiger partial charge in [-0.1, -0.05) is 30.3 Å². The molecule has 0 atom stereocenters. The Balaban J connectivity index is 1.76. The van der Waals surface area contributed by atoms with Crippen LogP contribution in [-0.2, 0) is 10.0 Å². The van der Waals surface area contributed by atoms with Crippen LogP contribution in [0.5, 0.6) is 0 Å². The summed E-state index contributed by atoms with van der Waals surface area (Å²) in [4.78, 5) is 0.343. The monoisotopic (exact) mass is 304 g/mol. The molecule has 0 aromatic heterocycles. The van der Waals surface area contributed by atoms with E-state index in [1.807, 2.05) is 30.3 Å². The fraction of sp³-hybridized carbons (Fsp3) is 0.375. The number of hydrogen-bond acceptors (Lipinski definition) is 3. The van der Waals surface area contributed by atoms with E-state index in [-0.39, 0.29) is 0 Å². The highest BCUT2D eigenvalue weighted by molar-refractivity contribution is 7.89. The third-order valence-corrected chi connectivity index (χ3v) is 5.47. The standard InChI is InChI=1S/C16H20N2O2S/c19-21(20,18-12-13-7-9-17-10-8-13)16-6-5-14-3-1-2-4-15(14)11-16/h1-6,11,13,17-18H,7-10,12H2. The number of piperidine rings is 1. The van der Waals surface area contributed by atoms with Crippen molar-refractivity contribution in [3.63, 3.8) is 0 Å². The normalized spacial score (nSPS) is 17.1. The molecule has 112 valence electrons. The minimum absolute atomic E-state index is 0.343. The second-order valence-electron chi connectivity index (χ2n) is 5.55. The topological polar surface area (TPSA) is 58.2 Å². The van der Waals surface area contributed by atoms with Crippen molar-refractivity contribution in [2.75, 3.05) is 19.6 Å². The molecule has 0 saturated carbocycles. The van der Waals surface area contributed by atoms with E-state index in [1.54, 1.807) is 12.1 Å². The number of sulfonamides is 1. The first-order valence-electron chi connectivity index (χ1n) is 7.34. The Hall–Kier alpha value is -1.43. The van der Waals surface area contributed by atoms with Crippen LogP contribution in [0.3, 0.4) is 0 Å². The Bertz CT molecular complexity index is 722. The third-order valence-electron chi connectivity index (χ3n) is 4.05. The molecule has 0 amide bonds. The molecule has 1 saturated heterocycles. The predicted octanol–water partition coefficient (Wildman–Crippen LogP) is 2.12. The van der Waals surface area contributed by atoms with Gasteiger partial charge in [-0.2, -0.15) is 0 Å². The highest BCUT2D eigenvalue weighted by Crippen LogP contribution is 2.19. The third kappa shape index (κ3) is 3.43. The van der Waals surface area contributed by atoms with E-state index in [0.717, 1.165) is 36.7 Å². The van der Waals surface area contributed by atoms with Gasteiger partial charge in [0, 0.05) is 6.54 Å². The molecule has 2 N–H and O–H groups in total. The van der Waals surface area contributed by atoms with Crippen LogP contribution in [0.15, 0.2) is 47.4 Å². The maximum absolute atomic E-state index is 12.4. The van der Waals surface area contributed by atoms with Gasteiger partial charge >= 0.3 is 0 Å². The minimum Gasteiger partial charge on any atom is -0.317 e. The molecule has 0 aliphatic carbocycles. The van der Waals surface area contributed by atoms with Crippen LogP contribution in [0.2, 0.25) is 0 Å². The molecule has 0 radical (unpaired) electrons. The lowest BCUT2D eigenvalue weighted by Crippen LogP contribution is -2.35. The van der Waals surface area contributed by atoms with Crippen molar-refractivity contribution in [3.05, 3.63) is 42.5 Å². The van der Waals surface area contributed by atoms with Crippen LogP contribution < -0.4 is 10.0 Å². The van der Waals surface area contributed by atoms with Crippen molar-refractivity contribution in [1.29, 1.82) is 0 Å². The van der Waals surface area contributed by atoms with Crippen LogP contribution in [0.25, 0.3) is 10.8 Å². The summed E-state index contributed by atoms with van der Waals surface area (Å²) in [7, 11) is -3.42. The van der Waals surface area contributed by atoms with Gasteiger partial charge in [-0.25, -0.2) is 13.1 Å². The number of hydrogen-bond donors (Lipinski definition) is 2. The molecular weight excluding hydrogens is 284 g/mol. The van der Waals surface area contributed by atoms with Gasteiger partial charge in [-0.3, -0.25) is 0 Å². The second-order valence-corrected chi connectivity index (χ2v) is 7.32. The van der Waals surface area contributed by atoms with Crippen LogP contribution >= 0.6 is 0 Å². The summed E-state index contributed by atoms with van der Waals surface area (Å²) < 4.78 is 27.5. The van der Waals surface area contributed by atoms with Crippen LogP contribution in [-0.4, -0.2) is 28.1 Å². The number of nitrogens with one attached hydrogen (secondary N) is 2. The second kappa shape index (κ2) is 6.13. The molecule has 1 aliphatic heterocycles. The van der Waals surface area contributed by atoms with Gasteiger partial charge in [0.25, 0.3) is 0 Å². The van der Waals surface area contributed by atoms with Crippen molar-refractivity contribution in [1.82, 2.24) is 10.0 Å². The molecular formula is C16H20N2O2S. The zero-order chi connectivity index (χ0) is 14.7. The maximum atomic E-state index is 12.4. The molecule has 1 heterocycles. The lowest BCUT2D eigenvalue weighted by Gasteiger charge is -2.22. The molecule has 21 heavy (non-hydrogen) atoms. The highest BCUT2D eigenvalue weighted by atomic mass is 32.2. The fourth-order valence-electron chi connectivity index (χ4n) is 2.73. The molecule has 1 aliphatic rings. The quantitative estimate of drug-likeness (QED) is 0.909. The Morgan fingerprint density at radius 1 is 1.05 bits per heavy atom. The summed E-state index contributed by atoms with van der Waals surface area (Å²) in [6, 6.07) is 13.0. The molecule has 0 spiro atoms. The van der Waals surface area contributed by atoms with Gasteiger partial charge in [0.1, 0.15) is 0 Å². The van der Waals surface area contributed by atoms with E-state index >= 15 is 0 Å². The first-order chi connectivity index (χ1) is 10.1. The van der Waals surface area contributed by atoms with Gasteiger partial charge in [-0.15, -0.1) is 0 Å². The molecule has 0 bridgehead atoms. The molecule has 2 aromatic carbocycles. The summed E-state index contributed by atoms with van der Waals surface area (Å²) in [5.74, 6) is 0.432. The van der Waals surface area contributed by atoms with Gasteiger partial charge in [-0.05, 0) is 54.8 Å². The summed E-state index contributed by atoms with van der Waals surface area (Å²) >= 11 is 0. The van der Waals surface area contributed by atoms with Crippen molar-refractivity contribution >= 4 is 20.8 Å². The maximum Gasteiger partial charge on any atom is 0.240 e. The van der Waals surface area contributed by atoms with E-state index in [2.05, 4.69) is 10.0 Å². The van der Waals surface area contributed by atoms with Crippen LogP contribution in [0.4, 0.5) is 0 Å².